The number of ether oxygens (including phenoxy) is 1. The topological polar surface area (TPSA) is 93.4 Å². The molecule has 3 aliphatic heterocycles. The molecule has 29 heavy (non-hydrogen) atoms. The maximum atomic E-state index is 12.3. The molecular weight excluding hydrogens is 366 g/mol. The van der Waals surface area contributed by atoms with E-state index in [4.69, 9.17) is 10.5 Å². The van der Waals surface area contributed by atoms with Gasteiger partial charge in [0.1, 0.15) is 5.82 Å². The van der Waals surface area contributed by atoms with Crippen molar-refractivity contribution in [3.8, 4) is 0 Å². The molecule has 2 aromatic rings. The summed E-state index contributed by atoms with van der Waals surface area (Å²) < 4.78 is 6.44. The molecule has 1 aromatic carbocycles. The van der Waals surface area contributed by atoms with Crippen LogP contribution in [0.15, 0.2) is 48.7 Å². The minimum absolute atomic E-state index is 0.0697. The number of benzene rings is 1. The lowest BCUT2D eigenvalue weighted by molar-refractivity contribution is -0.116. The molecule has 3 N–H and O–H groups in total. The van der Waals surface area contributed by atoms with Crippen molar-refractivity contribution >= 4 is 23.7 Å². The summed E-state index contributed by atoms with van der Waals surface area (Å²) in [4.78, 5) is 23.2. The van der Waals surface area contributed by atoms with Gasteiger partial charge in [-0.3, -0.25) is 4.79 Å². The van der Waals surface area contributed by atoms with Crippen LogP contribution in [0.1, 0.15) is 18.4 Å². The molecule has 2 bridgehead atoms. The molecular formula is C22H25N5O2. The number of nitrogens with two attached hydrogens (primary N) is 1. The molecule has 0 saturated carbocycles. The number of hydrogen-bond acceptors (Lipinski definition) is 6. The fourth-order valence-electron chi connectivity index (χ4n) is 5.14. The molecule has 4 atom stereocenters. The van der Waals surface area contributed by atoms with Gasteiger partial charge >= 0.3 is 0 Å². The Bertz CT molecular complexity index is 934. The minimum Gasteiger partial charge on any atom is -0.384 e. The van der Waals surface area contributed by atoms with Crippen LogP contribution in [0.4, 0.5) is 11.8 Å². The van der Waals surface area contributed by atoms with E-state index in [0.29, 0.717) is 30.1 Å². The Kier molecular flexibility index (Phi) is 4.47. The van der Waals surface area contributed by atoms with E-state index in [1.165, 1.54) is 0 Å². The fourth-order valence-corrected chi connectivity index (χ4v) is 5.14. The van der Waals surface area contributed by atoms with Gasteiger partial charge in [-0.2, -0.15) is 4.98 Å². The Hall–Kier alpha value is -2.93. The quantitative estimate of drug-likeness (QED) is 0.756. The van der Waals surface area contributed by atoms with Crippen LogP contribution in [0, 0.1) is 11.8 Å². The summed E-state index contributed by atoms with van der Waals surface area (Å²) in [5.41, 5.74) is 6.70. The molecule has 5 rings (SSSR count). The molecule has 7 nitrogen and oxygen atoms in total. The second kappa shape index (κ2) is 7.15. The number of amides is 1. The van der Waals surface area contributed by atoms with Gasteiger partial charge in [0.2, 0.25) is 11.9 Å². The molecule has 4 heterocycles. The number of nitrogens with one attached hydrogen (secondary N) is 1. The molecule has 0 aliphatic carbocycles. The maximum Gasteiger partial charge on any atom is 0.244 e. The van der Waals surface area contributed by atoms with Gasteiger partial charge in [0.15, 0.2) is 0 Å². The van der Waals surface area contributed by atoms with Crippen molar-refractivity contribution in [2.75, 3.05) is 30.3 Å². The average Bonchev–Trinajstić information content (AvgIpc) is 3.40. The van der Waals surface area contributed by atoms with E-state index < -0.39 is 0 Å². The zero-order valence-electron chi connectivity index (χ0n) is 16.2. The Morgan fingerprint density at radius 2 is 2.21 bits per heavy atom. The number of anilines is 2. The normalized spacial score (nSPS) is 30.1. The summed E-state index contributed by atoms with van der Waals surface area (Å²) in [6.07, 6.45) is 7.45. The highest BCUT2D eigenvalue weighted by atomic mass is 16.5. The second-order valence-electron chi connectivity index (χ2n) is 8.18. The van der Waals surface area contributed by atoms with Crippen molar-refractivity contribution < 1.29 is 9.53 Å². The lowest BCUT2D eigenvalue weighted by Gasteiger charge is -2.29. The number of hydrogen-bond donors (Lipinski definition) is 2. The highest BCUT2D eigenvalue weighted by molar-refractivity contribution is 5.91. The summed E-state index contributed by atoms with van der Waals surface area (Å²) in [6, 6.07) is 11.5. The van der Waals surface area contributed by atoms with E-state index in [1.807, 2.05) is 36.4 Å². The third-order valence-corrected chi connectivity index (χ3v) is 6.47. The number of nitrogen functional groups attached to an aromatic ring is 1. The first-order valence-corrected chi connectivity index (χ1v) is 10.2. The number of fused-ring (bicyclic) bond motifs is 1. The minimum atomic E-state index is -0.145. The van der Waals surface area contributed by atoms with Gasteiger partial charge in [-0.25, -0.2) is 4.98 Å². The molecule has 3 saturated heterocycles. The Morgan fingerprint density at radius 1 is 1.34 bits per heavy atom. The van der Waals surface area contributed by atoms with E-state index in [2.05, 4.69) is 20.2 Å². The number of aromatic nitrogens is 2. The van der Waals surface area contributed by atoms with Crippen molar-refractivity contribution in [1.29, 1.82) is 0 Å². The van der Waals surface area contributed by atoms with Gasteiger partial charge in [-0.1, -0.05) is 30.3 Å². The summed E-state index contributed by atoms with van der Waals surface area (Å²) >= 11 is 0. The van der Waals surface area contributed by atoms with Crippen molar-refractivity contribution in [2.24, 2.45) is 11.8 Å². The molecule has 3 aliphatic rings. The summed E-state index contributed by atoms with van der Waals surface area (Å²) in [6.45, 7) is 2.25. The van der Waals surface area contributed by atoms with Crippen LogP contribution in [0.3, 0.4) is 0 Å². The Balaban J connectivity index is 1.24. The van der Waals surface area contributed by atoms with E-state index in [0.717, 1.165) is 31.5 Å². The average molecular weight is 391 g/mol. The highest BCUT2D eigenvalue weighted by Gasteiger charge is 2.63. The summed E-state index contributed by atoms with van der Waals surface area (Å²) in [5.74, 6) is 1.74. The standard InChI is InChI=1S/C22H25N5O2/c23-19-9-11-24-21(26-19)27-13-17-16(18-8-10-22(17,14-27)29-18)12-25-20(28)7-6-15-4-2-1-3-5-15/h1-7,9,11,16-18H,8,10,12-14H2,(H,25,28)(H2,23,24,26)/t16-,17+,18+,22+/m0/s1. The van der Waals surface area contributed by atoms with Gasteiger partial charge < -0.3 is 20.7 Å². The Morgan fingerprint density at radius 3 is 3.03 bits per heavy atom. The highest BCUT2D eigenvalue weighted by Crippen LogP contribution is 2.54. The third kappa shape index (κ3) is 3.35. The number of carbonyl (C=O) groups excluding carboxylic acids is 1. The first-order chi connectivity index (χ1) is 14.1. The summed E-state index contributed by atoms with van der Waals surface area (Å²) in [7, 11) is 0. The van der Waals surface area contributed by atoms with Crippen molar-refractivity contribution in [3.63, 3.8) is 0 Å². The second-order valence-corrected chi connectivity index (χ2v) is 8.18. The molecule has 1 aromatic heterocycles. The van der Waals surface area contributed by atoms with Crippen LogP contribution in [0.25, 0.3) is 6.08 Å². The van der Waals surface area contributed by atoms with Crippen molar-refractivity contribution in [1.82, 2.24) is 15.3 Å². The predicted octanol–water partition coefficient (Wildman–Crippen LogP) is 1.87. The molecule has 7 heteroatoms. The van der Waals surface area contributed by atoms with E-state index in [1.54, 1.807) is 18.3 Å². The molecule has 0 radical (unpaired) electrons. The lowest BCUT2D eigenvalue weighted by Crippen LogP contribution is -2.41. The largest absolute Gasteiger partial charge is 0.384 e. The molecule has 150 valence electrons. The molecule has 1 spiro atoms. The van der Waals surface area contributed by atoms with Gasteiger partial charge in [0, 0.05) is 37.2 Å². The van der Waals surface area contributed by atoms with Gasteiger partial charge in [0.05, 0.1) is 18.2 Å². The first-order valence-electron chi connectivity index (χ1n) is 10.2. The maximum absolute atomic E-state index is 12.3. The first kappa shape index (κ1) is 18.1. The van der Waals surface area contributed by atoms with Crippen molar-refractivity contribution in [3.05, 3.63) is 54.2 Å². The van der Waals surface area contributed by atoms with E-state index in [9.17, 15) is 4.79 Å². The molecule has 3 fully saturated rings. The molecule has 1 amide bonds. The van der Waals surface area contributed by atoms with Crippen LogP contribution in [0.5, 0.6) is 0 Å². The zero-order valence-corrected chi connectivity index (χ0v) is 16.2. The fraction of sp³-hybridized carbons (Fsp3) is 0.409. The predicted molar refractivity (Wildman–Crippen MR) is 111 cm³/mol. The smallest absolute Gasteiger partial charge is 0.244 e. The zero-order chi connectivity index (χ0) is 19.8. The van der Waals surface area contributed by atoms with E-state index >= 15 is 0 Å². The third-order valence-electron chi connectivity index (χ3n) is 6.47. The lowest BCUT2D eigenvalue weighted by atomic mass is 9.73. The molecule has 0 unspecified atom stereocenters. The van der Waals surface area contributed by atoms with Crippen LogP contribution in [0.2, 0.25) is 0 Å². The number of nitrogens with zero attached hydrogens (tertiary/aromatic N) is 3. The number of carbonyl (C=O) groups is 1. The van der Waals surface area contributed by atoms with Crippen LogP contribution < -0.4 is 16.0 Å². The van der Waals surface area contributed by atoms with Gasteiger partial charge in [-0.15, -0.1) is 0 Å². The van der Waals surface area contributed by atoms with Crippen LogP contribution in [-0.4, -0.2) is 47.2 Å². The van der Waals surface area contributed by atoms with Gasteiger partial charge in [-0.05, 0) is 30.5 Å². The van der Waals surface area contributed by atoms with Crippen LogP contribution >= 0.6 is 0 Å². The van der Waals surface area contributed by atoms with E-state index in [-0.39, 0.29) is 17.6 Å². The summed E-state index contributed by atoms with van der Waals surface area (Å²) in [5, 5.41) is 3.08. The number of rotatable bonds is 5. The monoisotopic (exact) mass is 391 g/mol. The SMILES string of the molecule is Nc1ccnc(N2C[C@@H]3[C@H](CNC(=O)C=Cc4ccccc4)[C@H]4CC[C@]3(C2)O4)n1. The Labute approximate surface area is 170 Å². The van der Waals surface area contributed by atoms with Gasteiger partial charge in [0.25, 0.3) is 0 Å². The van der Waals surface area contributed by atoms with Crippen molar-refractivity contribution in [2.45, 2.75) is 24.5 Å². The van der Waals surface area contributed by atoms with Crippen LogP contribution in [-0.2, 0) is 9.53 Å².